The van der Waals surface area contributed by atoms with E-state index < -0.39 is 35.6 Å². The van der Waals surface area contributed by atoms with E-state index in [1.807, 2.05) is 0 Å². The lowest BCUT2D eigenvalue weighted by atomic mass is 10.0. The van der Waals surface area contributed by atoms with Crippen LogP contribution in [0.5, 0.6) is 0 Å². The first-order valence-corrected chi connectivity index (χ1v) is 9.22. The van der Waals surface area contributed by atoms with Crippen molar-refractivity contribution in [3.63, 3.8) is 0 Å². The van der Waals surface area contributed by atoms with Crippen LogP contribution in [0.1, 0.15) is 43.6 Å². The third-order valence-corrected chi connectivity index (χ3v) is 4.62. The Morgan fingerprint density at radius 1 is 1.35 bits per heavy atom. The van der Waals surface area contributed by atoms with Gasteiger partial charge in [0, 0.05) is 6.54 Å². The summed E-state index contributed by atoms with van der Waals surface area (Å²) in [6.45, 7) is 6.75. The molecule has 1 aliphatic rings. The monoisotopic (exact) mass is 432 g/mol. The second-order valence-electron chi connectivity index (χ2n) is 7.23. The van der Waals surface area contributed by atoms with E-state index in [-0.39, 0.29) is 23.1 Å². The zero-order chi connectivity index (χ0) is 19.6. The molecule has 1 aromatic rings. The van der Waals surface area contributed by atoms with Crippen LogP contribution in [0, 0.1) is 5.82 Å². The predicted octanol–water partition coefficient (Wildman–Crippen LogP) is 3.84. The molecule has 0 aliphatic carbocycles. The summed E-state index contributed by atoms with van der Waals surface area (Å²) in [5.41, 5.74) is -0.273. The number of hydrogen-bond acceptors (Lipinski definition) is 3. The number of alkyl halides is 1. The lowest BCUT2D eigenvalue weighted by molar-refractivity contribution is 0.0281. The number of rotatable bonds is 3. The van der Waals surface area contributed by atoms with Crippen molar-refractivity contribution in [2.75, 3.05) is 13.1 Å². The Morgan fingerprint density at radius 3 is 2.58 bits per heavy atom. The van der Waals surface area contributed by atoms with Crippen molar-refractivity contribution in [2.45, 2.75) is 51.9 Å². The van der Waals surface area contributed by atoms with Gasteiger partial charge in [0.05, 0.1) is 22.6 Å². The molecule has 2 atom stereocenters. The molecule has 0 unspecified atom stereocenters. The molecule has 0 bridgehead atoms. The van der Waals surface area contributed by atoms with Crippen LogP contribution >= 0.6 is 15.9 Å². The van der Waals surface area contributed by atoms with Gasteiger partial charge in [-0.25, -0.2) is 13.6 Å². The molecular weight excluding hydrogens is 410 g/mol. The summed E-state index contributed by atoms with van der Waals surface area (Å²) in [4.78, 5) is 25.8. The molecule has 1 fully saturated rings. The van der Waals surface area contributed by atoms with Crippen molar-refractivity contribution in [1.82, 2.24) is 10.2 Å². The molecule has 0 spiro atoms. The molecule has 0 saturated carbocycles. The van der Waals surface area contributed by atoms with Gasteiger partial charge in [-0.05, 0) is 54.8 Å². The molecule has 1 aliphatic heterocycles. The number of nitrogens with one attached hydrogen (secondary N) is 1. The van der Waals surface area contributed by atoms with Crippen LogP contribution in [0.25, 0.3) is 0 Å². The van der Waals surface area contributed by atoms with Gasteiger partial charge in [0.1, 0.15) is 17.6 Å². The fourth-order valence-electron chi connectivity index (χ4n) is 2.75. The number of nitrogens with zero attached hydrogens (tertiary/aromatic N) is 1. The Hall–Kier alpha value is -1.70. The van der Waals surface area contributed by atoms with Crippen LogP contribution in [0.3, 0.4) is 0 Å². The van der Waals surface area contributed by atoms with Crippen LogP contribution in [-0.2, 0) is 11.2 Å². The third kappa shape index (κ3) is 4.72. The second kappa shape index (κ2) is 7.90. The summed E-state index contributed by atoms with van der Waals surface area (Å²) in [6, 6.07) is 2.26. The maximum absolute atomic E-state index is 14.4. The average Bonchev–Trinajstić information content (AvgIpc) is 2.89. The number of ether oxygens (including phenoxy) is 1. The van der Waals surface area contributed by atoms with Gasteiger partial charge >= 0.3 is 6.09 Å². The molecule has 1 heterocycles. The molecule has 8 heteroatoms. The van der Waals surface area contributed by atoms with E-state index in [0.717, 1.165) is 0 Å². The number of benzene rings is 1. The maximum Gasteiger partial charge on any atom is 0.410 e. The van der Waals surface area contributed by atoms with Gasteiger partial charge in [0.25, 0.3) is 5.91 Å². The molecule has 2 amide bonds. The van der Waals surface area contributed by atoms with Gasteiger partial charge in [0.2, 0.25) is 0 Å². The summed E-state index contributed by atoms with van der Waals surface area (Å²) in [5, 5.41) is 2.51. The van der Waals surface area contributed by atoms with E-state index in [2.05, 4.69) is 21.2 Å². The Balaban J connectivity index is 2.11. The number of hydrogen-bond donors (Lipinski definition) is 1. The fourth-order valence-corrected chi connectivity index (χ4v) is 3.08. The highest BCUT2D eigenvalue weighted by Gasteiger charge is 2.38. The average molecular weight is 433 g/mol. The Morgan fingerprint density at radius 2 is 2.00 bits per heavy atom. The highest BCUT2D eigenvalue weighted by atomic mass is 79.9. The van der Waals surface area contributed by atoms with Crippen LogP contribution in [0.15, 0.2) is 16.6 Å². The highest BCUT2D eigenvalue weighted by molar-refractivity contribution is 9.10. The van der Waals surface area contributed by atoms with E-state index in [9.17, 15) is 18.4 Å². The van der Waals surface area contributed by atoms with Gasteiger partial charge in [0.15, 0.2) is 0 Å². The maximum atomic E-state index is 14.4. The zero-order valence-corrected chi connectivity index (χ0v) is 16.8. The summed E-state index contributed by atoms with van der Waals surface area (Å²) >= 11 is 3.06. The SMILES string of the molecule is CCc1ccc(Br)c(F)c1C(=O)N[C@@H]1CN(C(=O)OC(C)(C)C)C[C@@H]1F. The molecule has 2 rings (SSSR count). The van der Waals surface area contributed by atoms with Crippen molar-refractivity contribution in [3.05, 3.63) is 33.5 Å². The van der Waals surface area contributed by atoms with E-state index in [1.165, 1.54) is 11.0 Å². The summed E-state index contributed by atoms with van der Waals surface area (Å²) in [6.07, 6.45) is -1.63. The summed E-state index contributed by atoms with van der Waals surface area (Å²) < 4.78 is 34.1. The number of aryl methyl sites for hydroxylation is 1. The standard InChI is InChI=1S/C18H23BrF2N2O3/c1-5-10-6-7-11(19)15(21)14(10)16(24)22-13-9-23(8-12(13)20)17(25)26-18(2,3)4/h6-7,12-13H,5,8-9H2,1-4H3,(H,22,24)/t12-,13+/m0/s1. The van der Waals surface area contributed by atoms with E-state index in [1.54, 1.807) is 33.8 Å². The largest absolute Gasteiger partial charge is 0.444 e. The molecule has 1 saturated heterocycles. The molecule has 0 radical (unpaired) electrons. The van der Waals surface area contributed by atoms with Gasteiger partial charge in [-0.15, -0.1) is 0 Å². The lowest BCUT2D eigenvalue weighted by Gasteiger charge is -2.24. The van der Waals surface area contributed by atoms with Crippen LogP contribution in [0.4, 0.5) is 13.6 Å². The molecule has 0 aromatic heterocycles. The van der Waals surface area contributed by atoms with Crippen LogP contribution in [-0.4, -0.2) is 47.8 Å². The minimum absolute atomic E-state index is 0.0289. The Bertz CT molecular complexity index is 706. The van der Waals surface area contributed by atoms with E-state index in [4.69, 9.17) is 4.74 Å². The minimum atomic E-state index is -1.45. The smallest absolute Gasteiger partial charge is 0.410 e. The van der Waals surface area contributed by atoms with E-state index in [0.29, 0.717) is 12.0 Å². The minimum Gasteiger partial charge on any atom is -0.444 e. The summed E-state index contributed by atoms with van der Waals surface area (Å²) in [7, 11) is 0. The summed E-state index contributed by atoms with van der Waals surface area (Å²) in [5.74, 6) is -1.38. The first-order valence-electron chi connectivity index (χ1n) is 8.43. The van der Waals surface area contributed by atoms with Gasteiger partial charge < -0.3 is 15.0 Å². The Labute approximate surface area is 160 Å². The first kappa shape index (κ1) is 20.6. The van der Waals surface area contributed by atoms with Crippen molar-refractivity contribution in [3.8, 4) is 0 Å². The zero-order valence-electron chi connectivity index (χ0n) is 15.2. The molecular formula is C18H23BrF2N2O3. The number of carbonyl (C=O) groups is 2. The topological polar surface area (TPSA) is 58.6 Å². The molecule has 5 nitrogen and oxygen atoms in total. The number of likely N-dealkylation sites (tertiary alicyclic amines) is 1. The lowest BCUT2D eigenvalue weighted by Crippen LogP contribution is -2.42. The van der Waals surface area contributed by atoms with Crippen molar-refractivity contribution in [2.24, 2.45) is 0 Å². The number of carbonyl (C=O) groups excluding carboxylic acids is 2. The van der Waals surface area contributed by atoms with Crippen LogP contribution < -0.4 is 5.32 Å². The normalized spacial score (nSPS) is 20.2. The Kier molecular flexibility index (Phi) is 6.26. The van der Waals surface area contributed by atoms with Crippen molar-refractivity contribution >= 4 is 27.9 Å². The van der Waals surface area contributed by atoms with Gasteiger partial charge in [-0.2, -0.15) is 0 Å². The molecule has 26 heavy (non-hydrogen) atoms. The predicted molar refractivity (Wildman–Crippen MR) is 97.4 cm³/mol. The molecule has 144 valence electrons. The molecule has 1 aromatic carbocycles. The van der Waals surface area contributed by atoms with Gasteiger partial charge in [-0.1, -0.05) is 13.0 Å². The van der Waals surface area contributed by atoms with Gasteiger partial charge in [-0.3, -0.25) is 4.79 Å². The van der Waals surface area contributed by atoms with Crippen LogP contribution in [0.2, 0.25) is 0 Å². The van der Waals surface area contributed by atoms with E-state index >= 15 is 0 Å². The third-order valence-electron chi connectivity index (χ3n) is 4.01. The van der Waals surface area contributed by atoms with Crippen molar-refractivity contribution < 1.29 is 23.1 Å². The second-order valence-corrected chi connectivity index (χ2v) is 8.08. The first-order chi connectivity index (χ1) is 12.0. The fraction of sp³-hybridized carbons (Fsp3) is 0.556. The molecule has 1 N–H and O–H groups in total. The quantitative estimate of drug-likeness (QED) is 0.789. The number of halogens is 3. The highest BCUT2D eigenvalue weighted by Crippen LogP contribution is 2.24. The van der Waals surface area contributed by atoms with Crippen molar-refractivity contribution in [1.29, 1.82) is 0 Å². The number of amides is 2.